The van der Waals surface area contributed by atoms with Crippen molar-refractivity contribution in [3.63, 3.8) is 0 Å². The van der Waals surface area contributed by atoms with Crippen LogP contribution in [-0.4, -0.2) is 6.88 Å². The Morgan fingerprint density at radius 3 is 0.875 bits per heavy atom. The molecule has 56 heavy (non-hydrogen) atoms. The molecule has 0 nitrogen and oxygen atoms in total. The van der Waals surface area contributed by atoms with E-state index in [9.17, 15) is 0 Å². The minimum atomic E-state index is 0. The van der Waals surface area contributed by atoms with E-state index < -0.39 is 0 Å². The molecule has 6 aromatic rings. The summed E-state index contributed by atoms with van der Waals surface area (Å²) in [5, 5.41) is 5.44. The van der Waals surface area contributed by atoms with Gasteiger partial charge in [0.1, 0.15) is 0 Å². The second-order valence-corrected chi connectivity index (χ2v) is 19.3. The van der Waals surface area contributed by atoms with Crippen LogP contribution in [0.2, 0.25) is 0 Å². The molecule has 6 aromatic carbocycles. The van der Waals surface area contributed by atoms with Gasteiger partial charge in [-0.25, -0.2) is 0 Å². The predicted octanol–water partition coefficient (Wildman–Crippen LogP) is 16.2. The van der Waals surface area contributed by atoms with Gasteiger partial charge in [-0.2, -0.15) is 12.1 Å². The molecule has 2 radical (unpaired) electrons. The number of aryl methyl sites for hydroxylation is 4. The summed E-state index contributed by atoms with van der Waals surface area (Å²) in [4.78, 5) is 0. The van der Waals surface area contributed by atoms with Crippen molar-refractivity contribution in [3.8, 4) is 22.3 Å². The van der Waals surface area contributed by atoms with Crippen LogP contribution in [-0.2, 0) is 45.0 Å². The van der Waals surface area contributed by atoms with Crippen molar-refractivity contribution < 1.29 is 23.3 Å². The van der Waals surface area contributed by atoms with Crippen molar-refractivity contribution in [3.05, 3.63) is 144 Å². The third-order valence-electron chi connectivity index (χ3n) is 10.2. The van der Waals surface area contributed by atoms with E-state index in [-0.39, 0.29) is 61.3 Å². The molecular formula is C52H70Cl2SiZr-4. The van der Waals surface area contributed by atoms with Crippen molar-refractivity contribution in [2.24, 2.45) is 0 Å². The molecule has 0 saturated carbocycles. The van der Waals surface area contributed by atoms with Gasteiger partial charge in [0.15, 0.2) is 0 Å². The summed E-state index contributed by atoms with van der Waals surface area (Å²) < 4.78 is 0. The Hall–Kier alpha value is -2.22. The number of halogens is 2. The molecule has 0 N–H and O–H groups in total. The molecule has 0 aliphatic rings. The van der Waals surface area contributed by atoms with E-state index in [0.29, 0.717) is 0 Å². The Morgan fingerprint density at radius 1 is 0.393 bits per heavy atom. The van der Waals surface area contributed by atoms with Gasteiger partial charge >= 0.3 is 30.2 Å². The van der Waals surface area contributed by atoms with Crippen LogP contribution >= 0.6 is 24.8 Å². The molecule has 0 bridgehead atoms. The quantitative estimate of drug-likeness (QED) is 0.120. The van der Waals surface area contributed by atoms with E-state index in [1.54, 1.807) is 0 Å². The SMILES string of the molecule is Cc1cc(-c2cc(C(C)(C)C)cc(C(C)(C)C)c2)c2cc(C)[cH-]c2c1.Cc1cc(-c2cc(C(C)(C)C)cc(C(C)(C)C)c2)c2cc(C)[cH-]c2c1.Cl.Cl.[CH3-].[CH3-].[Si]=[Zr]. The van der Waals surface area contributed by atoms with E-state index in [0.717, 1.165) is 0 Å². The van der Waals surface area contributed by atoms with Crippen LogP contribution in [0.4, 0.5) is 0 Å². The molecule has 0 amide bonds. The van der Waals surface area contributed by atoms with Gasteiger partial charge in [-0.05, 0) is 68.9 Å². The van der Waals surface area contributed by atoms with Crippen molar-refractivity contribution in [1.82, 2.24) is 0 Å². The van der Waals surface area contributed by atoms with Crippen LogP contribution in [0.15, 0.2) is 84.9 Å². The average molecular weight is 885 g/mol. The zero-order valence-corrected chi connectivity index (χ0v) is 43.0. The molecular weight excluding hydrogens is 815 g/mol. The second-order valence-electron chi connectivity index (χ2n) is 19.3. The summed E-state index contributed by atoms with van der Waals surface area (Å²) in [6.07, 6.45) is 0. The van der Waals surface area contributed by atoms with E-state index in [2.05, 4.69) is 203 Å². The summed E-state index contributed by atoms with van der Waals surface area (Å²) in [5.74, 6) is 0. The van der Waals surface area contributed by atoms with Crippen LogP contribution in [0.5, 0.6) is 0 Å². The van der Waals surface area contributed by atoms with Crippen molar-refractivity contribution in [2.75, 3.05) is 0 Å². The molecule has 0 saturated heterocycles. The Labute approximate surface area is 372 Å². The Balaban J connectivity index is 0.000000968. The number of fused-ring (bicyclic) bond motifs is 2. The van der Waals surface area contributed by atoms with Gasteiger partial charge in [-0.3, -0.25) is 0 Å². The fourth-order valence-electron chi connectivity index (χ4n) is 7.02. The summed E-state index contributed by atoms with van der Waals surface area (Å²) >= 11 is 1.36. The molecule has 0 unspecified atom stereocenters. The zero-order chi connectivity index (χ0) is 39.1. The predicted molar refractivity (Wildman–Crippen MR) is 257 cm³/mol. The van der Waals surface area contributed by atoms with Gasteiger partial charge in [-0.15, -0.1) is 81.8 Å². The summed E-state index contributed by atoms with van der Waals surface area (Å²) in [6, 6.07) is 32.9. The standard InChI is InChI=1S/2C25H31.2CH3.2ClH.Si.Zr/c2*1-16-9-18-10-17(2)12-23(22(18)11-16)19-13-20(24(3,4)5)15-21(14-19)25(6,7)8;;;;;;/h2*9-15H,1-8H3;2*1H3;2*1H;;/q4*-1;;;;. The molecule has 304 valence electrons. The van der Waals surface area contributed by atoms with Crippen molar-refractivity contribution in [1.29, 1.82) is 0 Å². The normalized spacial score (nSPS) is 11.5. The van der Waals surface area contributed by atoms with Gasteiger partial charge in [0.05, 0.1) is 0 Å². The molecule has 0 fully saturated rings. The number of hydrogen-bond acceptors (Lipinski definition) is 0. The first-order valence-electron chi connectivity index (χ1n) is 18.8. The summed E-state index contributed by atoms with van der Waals surface area (Å²) in [7, 11) is 0. The van der Waals surface area contributed by atoms with Crippen LogP contribution in [0.1, 0.15) is 128 Å². The first-order valence-corrected chi connectivity index (χ1v) is 23.0. The van der Waals surface area contributed by atoms with E-state index in [1.165, 1.54) is 112 Å². The van der Waals surface area contributed by atoms with Gasteiger partial charge in [0.2, 0.25) is 0 Å². The minimum absolute atomic E-state index is 0. The molecule has 0 heterocycles. The van der Waals surface area contributed by atoms with E-state index in [4.69, 9.17) is 0 Å². The third-order valence-corrected chi connectivity index (χ3v) is 10.2. The van der Waals surface area contributed by atoms with Gasteiger partial charge in [0.25, 0.3) is 0 Å². The number of rotatable bonds is 2. The molecule has 0 aromatic heterocycles. The number of hydrogen-bond donors (Lipinski definition) is 0. The molecule has 0 spiro atoms. The molecule has 0 aliphatic heterocycles. The van der Waals surface area contributed by atoms with Crippen LogP contribution in [0, 0.1) is 42.5 Å². The maximum absolute atomic E-state index is 3.06. The zero-order valence-electron chi connectivity index (χ0n) is 37.9. The third kappa shape index (κ3) is 12.9. The molecule has 0 atom stereocenters. The van der Waals surface area contributed by atoms with E-state index in [1.807, 2.05) is 0 Å². The Morgan fingerprint density at radius 2 is 0.643 bits per heavy atom. The molecule has 4 heteroatoms. The molecule has 6 rings (SSSR count). The Kier molecular flexibility index (Phi) is 19.4. The molecule has 0 aliphatic carbocycles. The van der Waals surface area contributed by atoms with Crippen molar-refractivity contribution in [2.45, 2.75) is 132 Å². The van der Waals surface area contributed by atoms with Crippen LogP contribution < -0.4 is 0 Å². The van der Waals surface area contributed by atoms with Crippen LogP contribution in [0.3, 0.4) is 0 Å². The summed E-state index contributed by atoms with van der Waals surface area (Å²) in [5.41, 5.74) is 16.9. The fourth-order valence-corrected chi connectivity index (χ4v) is 7.02. The topological polar surface area (TPSA) is 0 Å². The summed E-state index contributed by atoms with van der Waals surface area (Å²) in [6.45, 7) is 39.5. The van der Waals surface area contributed by atoms with Crippen LogP contribution in [0.25, 0.3) is 43.8 Å². The Bertz CT molecular complexity index is 1980. The number of benzene rings is 4. The monoisotopic (exact) mass is 882 g/mol. The van der Waals surface area contributed by atoms with Gasteiger partial charge in [-0.1, -0.05) is 168 Å². The van der Waals surface area contributed by atoms with Gasteiger partial charge in [0, 0.05) is 0 Å². The van der Waals surface area contributed by atoms with E-state index >= 15 is 0 Å². The second kappa shape index (κ2) is 20.2. The van der Waals surface area contributed by atoms with Gasteiger partial charge < -0.3 is 14.9 Å². The fraction of sp³-hybridized carbons (Fsp3) is 0.385. The maximum atomic E-state index is 3.06. The first kappa shape index (κ1) is 53.8. The average Bonchev–Trinajstić information content (AvgIpc) is 3.59. The first-order chi connectivity index (χ1) is 23.9. The van der Waals surface area contributed by atoms with Crippen molar-refractivity contribution >= 4 is 53.2 Å².